The number of benzene rings is 1. The van der Waals surface area contributed by atoms with Crippen LogP contribution in [0.25, 0.3) is 11.1 Å². The summed E-state index contributed by atoms with van der Waals surface area (Å²) >= 11 is 3.79. The van der Waals surface area contributed by atoms with Crippen molar-refractivity contribution in [3.63, 3.8) is 0 Å². The number of hydrogen-bond acceptors (Lipinski definition) is 3. The normalized spacial score (nSPS) is 16.2. The summed E-state index contributed by atoms with van der Waals surface area (Å²) in [5.41, 5.74) is 4.30. The van der Waals surface area contributed by atoms with Gasteiger partial charge in [-0.15, -0.1) is 0 Å². The Bertz CT molecular complexity index is 879. The van der Waals surface area contributed by atoms with Crippen molar-refractivity contribution in [2.45, 2.75) is 67.2 Å². The zero-order chi connectivity index (χ0) is 22.8. The molecule has 1 aliphatic rings. The van der Waals surface area contributed by atoms with Crippen molar-refractivity contribution in [3.8, 4) is 5.75 Å². The molecule has 0 heterocycles. The first-order chi connectivity index (χ1) is 14.0. The van der Waals surface area contributed by atoms with E-state index in [0.29, 0.717) is 29.4 Å². The Morgan fingerprint density at radius 3 is 2.33 bits per heavy atom. The van der Waals surface area contributed by atoms with Crippen molar-refractivity contribution in [2.24, 2.45) is 11.8 Å². The Kier molecular flexibility index (Phi) is 7.95. The van der Waals surface area contributed by atoms with Crippen LogP contribution in [-0.2, 0) is 14.9 Å². The molecule has 0 unspecified atom stereocenters. The molecule has 0 amide bonds. The summed E-state index contributed by atoms with van der Waals surface area (Å²) in [6.45, 7) is 16.6. The Morgan fingerprint density at radius 2 is 1.83 bits per heavy atom. The summed E-state index contributed by atoms with van der Waals surface area (Å²) in [5, 5.41) is 0. The Labute approximate surface area is 188 Å². The van der Waals surface area contributed by atoms with E-state index in [9.17, 15) is 4.79 Å². The van der Waals surface area contributed by atoms with Crippen LogP contribution >= 0.6 is 15.9 Å². The standard InChI is InChI=1S/C25H34BrFO3/c1-9-29-23-18(19(15(5)6)22(27)24(28)30-10-2)13-17-16(14(3)4)11-12-25(7,8)20(17)21(23)26/h11,13-15H,9-10,12H2,1-8H3. The second-order valence-electron chi connectivity index (χ2n) is 8.93. The van der Waals surface area contributed by atoms with Gasteiger partial charge in [0.2, 0.25) is 5.83 Å². The van der Waals surface area contributed by atoms with E-state index in [1.54, 1.807) is 6.92 Å². The van der Waals surface area contributed by atoms with Gasteiger partial charge in [0.15, 0.2) is 0 Å². The van der Waals surface area contributed by atoms with E-state index in [4.69, 9.17) is 9.47 Å². The van der Waals surface area contributed by atoms with Crippen LogP contribution in [0, 0.1) is 11.8 Å². The van der Waals surface area contributed by atoms with Gasteiger partial charge in [-0.05, 0) is 76.2 Å². The molecular formula is C25H34BrFO3. The summed E-state index contributed by atoms with van der Waals surface area (Å²) in [6, 6.07) is 2.01. The van der Waals surface area contributed by atoms with Crippen LogP contribution in [0.2, 0.25) is 0 Å². The fraction of sp³-hybridized carbons (Fsp3) is 0.560. The van der Waals surface area contributed by atoms with Crippen LogP contribution in [0.5, 0.6) is 5.75 Å². The number of rotatable bonds is 7. The molecule has 2 rings (SSSR count). The van der Waals surface area contributed by atoms with Crippen molar-refractivity contribution in [3.05, 3.63) is 39.1 Å². The van der Waals surface area contributed by atoms with E-state index in [1.165, 1.54) is 11.1 Å². The minimum atomic E-state index is -0.933. The van der Waals surface area contributed by atoms with Crippen molar-refractivity contribution in [2.75, 3.05) is 13.2 Å². The number of esters is 1. The number of carbonyl (C=O) groups excluding carboxylic acids is 1. The van der Waals surface area contributed by atoms with Crippen molar-refractivity contribution >= 4 is 33.0 Å². The number of fused-ring (bicyclic) bond motifs is 1. The molecule has 0 atom stereocenters. The SMILES string of the molecule is CCOC(=O)C(F)=C(c1cc2c(c(Br)c1OCC)C(C)(C)CC=C2C(C)C)C(C)C. The predicted octanol–water partition coefficient (Wildman–Crippen LogP) is 7.47. The third-order valence-corrected chi connectivity index (χ3v) is 6.27. The molecule has 3 nitrogen and oxygen atoms in total. The number of hydrogen-bond donors (Lipinski definition) is 0. The second kappa shape index (κ2) is 9.67. The lowest BCUT2D eigenvalue weighted by molar-refractivity contribution is -0.140. The van der Waals surface area contributed by atoms with Gasteiger partial charge in [-0.1, -0.05) is 47.6 Å². The number of carbonyl (C=O) groups is 1. The molecule has 0 fully saturated rings. The highest BCUT2D eigenvalue weighted by Crippen LogP contribution is 2.51. The molecule has 0 saturated heterocycles. The Morgan fingerprint density at radius 1 is 1.20 bits per heavy atom. The molecule has 1 aliphatic carbocycles. The van der Waals surface area contributed by atoms with Gasteiger partial charge in [-0.3, -0.25) is 0 Å². The fourth-order valence-corrected chi connectivity index (χ4v) is 5.20. The van der Waals surface area contributed by atoms with Gasteiger partial charge < -0.3 is 9.47 Å². The smallest absolute Gasteiger partial charge is 0.367 e. The molecular weight excluding hydrogens is 447 g/mol. The minimum Gasteiger partial charge on any atom is -0.492 e. The van der Waals surface area contributed by atoms with E-state index in [-0.39, 0.29) is 17.9 Å². The lowest BCUT2D eigenvalue weighted by Crippen LogP contribution is -2.24. The maximum Gasteiger partial charge on any atom is 0.367 e. The second-order valence-corrected chi connectivity index (χ2v) is 9.72. The molecule has 5 heteroatoms. The highest BCUT2D eigenvalue weighted by atomic mass is 79.9. The van der Waals surface area contributed by atoms with Gasteiger partial charge in [0.05, 0.1) is 17.7 Å². The van der Waals surface area contributed by atoms with Crippen molar-refractivity contribution < 1.29 is 18.7 Å². The Hall–Kier alpha value is -1.62. The monoisotopic (exact) mass is 480 g/mol. The van der Waals surface area contributed by atoms with Crippen LogP contribution in [0.4, 0.5) is 4.39 Å². The number of allylic oxidation sites excluding steroid dienone is 3. The topological polar surface area (TPSA) is 35.5 Å². The predicted molar refractivity (Wildman–Crippen MR) is 125 cm³/mol. The summed E-state index contributed by atoms with van der Waals surface area (Å²) in [4.78, 5) is 12.3. The lowest BCUT2D eigenvalue weighted by atomic mass is 9.70. The van der Waals surface area contributed by atoms with Gasteiger partial charge in [-0.25, -0.2) is 4.79 Å². The molecule has 0 aromatic heterocycles. The maximum absolute atomic E-state index is 15.3. The van der Waals surface area contributed by atoms with E-state index >= 15 is 4.39 Å². The van der Waals surface area contributed by atoms with Crippen molar-refractivity contribution in [1.29, 1.82) is 0 Å². The van der Waals surface area contributed by atoms with E-state index < -0.39 is 11.8 Å². The molecule has 1 aromatic rings. The van der Waals surface area contributed by atoms with Crippen LogP contribution in [0.3, 0.4) is 0 Å². The number of halogens is 2. The van der Waals surface area contributed by atoms with Crippen LogP contribution in [0.15, 0.2) is 22.4 Å². The first-order valence-corrected chi connectivity index (χ1v) is 11.5. The van der Waals surface area contributed by atoms with Crippen LogP contribution < -0.4 is 4.74 Å². The quantitative estimate of drug-likeness (QED) is 0.299. The first kappa shape index (κ1) is 24.6. The Balaban J connectivity index is 2.94. The fourth-order valence-electron chi connectivity index (χ4n) is 4.12. The largest absolute Gasteiger partial charge is 0.492 e. The van der Waals surface area contributed by atoms with E-state index in [0.717, 1.165) is 16.5 Å². The van der Waals surface area contributed by atoms with Gasteiger partial charge in [0.25, 0.3) is 0 Å². The average molecular weight is 481 g/mol. The molecule has 30 heavy (non-hydrogen) atoms. The van der Waals surface area contributed by atoms with Gasteiger partial charge >= 0.3 is 5.97 Å². The molecule has 0 bridgehead atoms. The van der Waals surface area contributed by atoms with Gasteiger partial charge in [0.1, 0.15) is 5.75 Å². The van der Waals surface area contributed by atoms with Crippen LogP contribution in [-0.4, -0.2) is 19.2 Å². The third kappa shape index (κ3) is 4.66. The summed E-state index contributed by atoms with van der Waals surface area (Å²) < 4.78 is 27.1. The molecule has 0 N–H and O–H groups in total. The summed E-state index contributed by atoms with van der Waals surface area (Å²) in [5.74, 6) is -1.12. The third-order valence-electron chi connectivity index (χ3n) is 5.51. The molecule has 0 saturated carbocycles. The molecule has 1 aromatic carbocycles. The van der Waals surface area contributed by atoms with E-state index in [1.807, 2.05) is 26.8 Å². The van der Waals surface area contributed by atoms with Crippen molar-refractivity contribution in [1.82, 2.24) is 0 Å². The van der Waals surface area contributed by atoms with Gasteiger partial charge in [0, 0.05) is 11.1 Å². The number of ether oxygens (including phenoxy) is 2. The molecule has 0 aliphatic heterocycles. The molecule has 166 valence electrons. The first-order valence-electron chi connectivity index (χ1n) is 10.7. The average Bonchev–Trinajstić information content (AvgIpc) is 2.63. The van der Waals surface area contributed by atoms with E-state index in [2.05, 4.69) is 49.7 Å². The minimum absolute atomic E-state index is 0.0989. The zero-order valence-corrected chi connectivity index (χ0v) is 21.0. The summed E-state index contributed by atoms with van der Waals surface area (Å²) in [7, 11) is 0. The van der Waals surface area contributed by atoms with Crippen LogP contribution in [0.1, 0.15) is 78.5 Å². The van der Waals surface area contributed by atoms with Gasteiger partial charge in [-0.2, -0.15) is 4.39 Å². The molecule has 0 radical (unpaired) electrons. The maximum atomic E-state index is 15.3. The lowest BCUT2D eigenvalue weighted by Gasteiger charge is -2.36. The summed E-state index contributed by atoms with van der Waals surface area (Å²) in [6.07, 6.45) is 3.20. The molecule has 0 spiro atoms. The highest BCUT2D eigenvalue weighted by Gasteiger charge is 2.35. The zero-order valence-electron chi connectivity index (χ0n) is 19.4. The highest BCUT2D eigenvalue weighted by molar-refractivity contribution is 9.10.